The quantitative estimate of drug-likeness (QED) is 0.420. The summed E-state index contributed by atoms with van der Waals surface area (Å²) < 4.78 is 31.9. The molecule has 1 aromatic heterocycles. The number of amides is 1. The van der Waals surface area contributed by atoms with Gasteiger partial charge in [-0.25, -0.2) is 8.78 Å². The maximum Gasteiger partial charge on any atom is 0.300 e. The molecule has 2 heterocycles. The number of Topliss-reactive ketones (excluding diaryl/α,β-unsaturated/α-hetero) is 1. The second kappa shape index (κ2) is 6.77. The van der Waals surface area contributed by atoms with Gasteiger partial charge in [-0.15, -0.1) is 0 Å². The third-order valence-corrected chi connectivity index (χ3v) is 4.48. The van der Waals surface area contributed by atoms with E-state index in [1.54, 1.807) is 12.1 Å². The predicted octanol–water partition coefficient (Wildman–Crippen LogP) is 4.18. The summed E-state index contributed by atoms with van der Waals surface area (Å²) in [4.78, 5) is 26.6. The SMILES string of the molecule is O=C1C(=O)N(c2ccc(F)cc2)C(c2ccco2)/C1=C(/O)c1ccc(F)cc1. The Morgan fingerprint density at radius 2 is 1.54 bits per heavy atom. The van der Waals surface area contributed by atoms with Crippen molar-refractivity contribution in [2.24, 2.45) is 0 Å². The number of aliphatic hydroxyl groups is 1. The van der Waals surface area contributed by atoms with Crippen molar-refractivity contribution in [3.8, 4) is 0 Å². The fourth-order valence-corrected chi connectivity index (χ4v) is 3.18. The smallest absolute Gasteiger partial charge is 0.300 e. The number of benzene rings is 2. The standard InChI is InChI=1S/C21H13F2NO4/c22-13-5-3-12(4-6-13)19(25)17-18(16-2-1-11-28-16)24(21(27)20(17)26)15-9-7-14(23)8-10-15/h1-11,18,25H/b19-17-. The summed E-state index contributed by atoms with van der Waals surface area (Å²) in [5.41, 5.74) is 0.244. The average Bonchev–Trinajstić information content (AvgIpc) is 3.30. The van der Waals surface area contributed by atoms with Crippen LogP contribution in [0.4, 0.5) is 14.5 Å². The maximum atomic E-state index is 13.3. The van der Waals surface area contributed by atoms with Gasteiger partial charge in [0.05, 0.1) is 11.8 Å². The van der Waals surface area contributed by atoms with Crippen molar-refractivity contribution >= 4 is 23.1 Å². The summed E-state index contributed by atoms with van der Waals surface area (Å²) in [7, 11) is 0. The minimum Gasteiger partial charge on any atom is -0.507 e. The van der Waals surface area contributed by atoms with E-state index in [4.69, 9.17) is 4.42 Å². The van der Waals surface area contributed by atoms with Crippen LogP contribution in [0.1, 0.15) is 17.4 Å². The molecule has 7 heteroatoms. The molecule has 0 aliphatic carbocycles. The molecule has 0 radical (unpaired) electrons. The van der Waals surface area contributed by atoms with Gasteiger partial charge in [0.15, 0.2) is 0 Å². The second-order valence-electron chi connectivity index (χ2n) is 6.17. The molecular weight excluding hydrogens is 368 g/mol. The Morgan fingerprint density at radius 3 is 2.11 bits per heavy atom. The monoisotopic (exact) mass is 381 g/mol. The Bertz CT molecular complexity index is 1070. The summed E-state index contributed by atoms with van der Waals surface area (Å²) >= 11 is 0. The molecular formula is C21H13F2NO4. The number of aliphatic hydroxyl groups excluding tert-OH is 1. The number of rotatable bonds is 3. The number of anilines is 1. The van der Waals surface area contributed by atoms with E-state index < -0.39 is 35.1 Å². The van der Waals surface area contributed by atoms with Crippen molar-refractivity contribution < 1.29 is 27.9 Å². The molecule has 1 N–H and O–H groups in total. The maximum absolute atomic E-state index is 13.3. The van der Waals surface area contributed by atoms with Gasteiger partial charge in [0.2, 0.25) is 0 Å². The number of hydrogen-bond donors (Lipinski definition) is 1. The van der Waals surface area contributed by atoms with E-state index in [2.05, 4.69) is 0 Å². The van der Waals surface area contributed by atoms with Crippen LogP contribution in [0, 0.1) is 11.6 Å². The highest BCUT2D eigenvalue weighted by molar-refractivity contribution is 6.51. The summed E-state index contributed by atoms with van der Waals surface area (Å²) in [5, 5.41) is 10.7. The molecule has 5 nitrogen and oxygen atoms in total. The Morgan fingerprint density at radius 1 is 0.929 bits per heavy atom. The Kier molecular flexibility index (Phi) is 4.27. The van der Waals surface area contributed by atoms with Crippen LogP contribution in [-0.4, -0.2) is 16.8 Å². The molecule has 0 bridgehead atoms. The normalized spacial score (nSPS) is 18.6. The van der Waals surface area contributed by atoms with Crippen molar-refractivity contribution in [3.63, 3.8) is 0 Å². The number of ketones is 1. The van der Waals surface area contributed by atoms with Crippen LogP contribution in [0.25, 0.3) is 5.76 Å². The van der Waals surface area contributed by atoms with E-state index >= 15 is 0 Å². The van der Waals surface area contributed by atoms with Gasteiger partial charge in [-0.3, -0.25) is 14.5 Å². The molecule has 1 atom stereocenters. The van der Waals surface area contributed by atoms with Crippen molar-refractivity contribution in [2.75, 3.05) is 4.90 Å². The van der Waals surface area contributed by atoms with Gasteiger partial charge in [-0.05, 0) is 60.7 Å². The van der Waals surface area contributed by atoms with E-state index in [0.29, 0.717) is 0 Å². The van der Waals surface area contributed by atoms with Gasteiger partial charge in [-0.1, -0.05) is 0 Å². The fraction of sp³-hybridized carbons (Fsp3) is 0.0476. The van der Waals surface area contributed by atoms with Crippen LogP contribution < -0.4 is 4.90 Å². The number of furan rings is 1. The third-order valence-electron chi connectivity index (χ3n) is 4.48. The summed E-state index contributed by atoms with van der Waals surface area (Å²) in [6.07, 6.45) is 1.37. The Labute approximate surface area is 158 Å². The number of hydrogen-bond acceptors (Lipinski definition) is 4. The second-order valence-corrected chi connectivity index (χ2v) is 6.17. The lowest BCUT2D eigenvalue weighted by molar-refractivity contribution is -0.132. The van der Waals surface area contributed by atoms with Gasteiger partial charge in [0, 0.05) is 11.3 Å². The molecule has 1 amide bonds. The number of nitrogens with zero attached hydrogens (tertiary/aromatic N) is 1. The largest absolute Gasteiger partial charge is 0.507 e. The summed E-state index contributed by atoms with van der Waals surface area (Å²) in [6.45, 7) is 0. The molecule has 1 aliphatic rings. The van der Waals surface area contributed by atoms with Crippen LogP contribution in [-0.2, 0) is 9.59 Å². The highest BCUT2D eigenvalue weighted by Crippen LogP contribution is 2.42. The zero-order chi connectivity index (χ0) is 19.8. The Balaban J connectivity index is 1.91. The van der Waals surface area contributed by atoms with E-state index in [1.807, 2.05) is 0 Å². The van der Waals surface area contributed by atoms with Crippen LogP contribution >= 0.6 is 0 Å². The molecule has 2 aromatic carbocycles. The van der Waals surface area contributed by atoms with Gasteiger partial charge in [-0.2, -0.15) is 0 Å². The molecule has 1 fully saturated rings. The molecule has 3 aromatic rings. The minimum atomic E-state index is -1.05. The molecule has 140 valence electrons. The average molecular weight is 381 g/mol. The predicted molar refractivity (Wildman–Crippen MR) is 96.3 cm³/mol. The highest BCUT2D eigenvalue weighted by Gasteiger charge is 2.48. The fourth-order valence-electron chi connectivity index (χ4n) is 3.18. The number of halogens is 2. The first-order chi connectivity index (χ1) is 13.5. The molecule has 4 rings (SSSR count). The third kappa shape index (κ3) is 2.87. The summed E-state index contributed by atoms with van der Waals surface area (Å²) in [5.74, 6) is -3.03. The first-order valence-corrected chi connectivity index (χ1v) is 8.33. The van der Waals surface area contributed by atoms with Crippen molar-refractivity contribution in [1.82, 2.24) is 0 Å². The van der Waals surface area contributed by atoms with E-state index in [0.717, 1.165) is 29.2 Å². The van der Waals surface area contributed by atoms with E-state index in [9.17, 15) is 23.5 Å². The van der Waals surface area contributed by atoms with Crippen molar-refractivity contribution in [3.05, 3.63) is 95.5 Å². The minimum absolute atomic E-state index is 0.176. The van der Waals surface area contributed by atoms with Gasteiger partial charge >= 0.3 is 0 Å². The lowest BCUT2D eigenvalue weighted by Crippen LogP contribution is -2.29. The zero-order valence-electron chi connectivity index (χ0n) is 14.3. The van der Waals surface area contributed by atoms with Crippen LogP contribution in [0.15, 0.2) is 76.9 Å². The lowest BCUT2D eigenvalue weighted by atomic mass is 9.99. The van der Waals surface area contributed by atoms with Crippen LogP contribution in [0.5, 0.6) is 0 Å². The van der Waals surface area contributed by atoms with E-state index in [-0.39, 0.29) is 22.6 Å². The Hall–Kier alpha value is -3.74. The molecule has 1 unspecified atom stereocenters. The summed E-state index contributed by atoms with van der Waals surface area (Å²) in [6, 6.07) is 12.0. The van der Waals surface area contributed by atoms with Gasteiger partial charge < -0.3 is 9.52 Å². The molecule has 1 saturated heterocycles. The number of carbonyl (C=O) groups is 2. The molecule has 28 heavy (non-hydrogen) atoms. The topological polar surface area (TPSA) is 70.8 Å². The van der Waals surface area contributed by atoms with Crippen LogP contribution in [0.3, 0.4) is 0 Å². The van der Waals surface area contributed by atoms with Gasteiger partial charge in [0.25, 0.3) is 11.7 Å². The van der Waals surface area contributed by atoms with Gasteiger partial charge in [0.1, 0.15) is 29.2 Å². The van der Waals surface area contributed by atoms with Crippen LogP contribution in [0.2, 0.25) is 0 Å². The van der Waals surface area contributed by atoms with Crippen molar-refractivity contribution in [2.45, 2.75) is 6.04 Å². The highest BCUT2D eigenvalue weighted by atomic mass is 19.1. The molecule has 1 aliphatic heterocycles. The van der Waals surface area contributed by atoms with E-state index in [1.165, 1.54) is 30.5 Å². The molecule has 0 saturated carbocycles. The zero-order valence-corrected chi connectivity index (χ0v) is 14.3. The lowest BCUT2D eigenvalue weighted by Gasteiger charge is -2.23. The number of carbonyl (C=O) groups excluding carboxylic acids is 2. The van der Waals surface area contributed by atoms with Crippen molar-refractivity contribution in [1.29, 1.82) is 0 Å². The first-order valence-electron chi connectivity index (χ1n) is 8.33. The molecule has 0 spiro atoms. The first kappa shape index (κ1) is 17.7.